The number of hydrogen-bond acceptors (Lipinski definition) is 4. The maximum Gasteiger partial charge on any atom is 0.248 e. The van der Waals surface area contributed by atoms with Crippen LogP contribution in [-0.4, -0.2) is 18.0 Å². The Morgan fingerprint density at radius 2 is 1.91 bits per heavy atom. The smallest absolute Gasteiger partial charge is 0.248 e. The normalized spacial score (nSPS) is 11.3. The summed E-state index contributed by atoms with van der Waals surface area (Å²) in [6.07, 6.45) is 3.01. The lowest BCUT2D eigenvalue weighted by molar-refractivity contribution is -0.111. The number of oxazole rings is 1. The number of rotatable bonds is 5. The van der Waals surface area contributed by atoms with Crippen LogP contribution in [0.5, 0.6) is 5.75 Å². The quantitative estimate of drug-likeness (QED) is 0.302. The lowest BCUT2D eigenvalue weighted by atomic mass is 10.1. The molecule has 0 fully saturated rings. The number of anilines is 1. The number of halogens is 2. The Morgan fingerprint density at radius 1 is 1.12 bits per heavy atom. The number of fused-ring (bicyclic) bond motifs is 1. The first-order valence-electron chi connectivity index (χ1n) is 10.3. The minimum absolute atomic E-state index is 0.308. The molecule has 3 aromatic carbocycles. The van der Waals surface area contributed by atoms with Crippen molar-refractivity contribution in [2.45, 2.75) is 20.8 Å². The van der Waals surface area contributed by atoms with Gasteiger partial charge in [0.15, 0.2) is 5.58 Å². The average molecular weight is 481 g/mol. The van der Waals surface area contributed by atoms with Crippen molar-refractivity contribution in [1.82, 2.24) is 4.98 Å². The van der Waals surface area contributed by atoms with Gasteiger partial charge in [0.25, 0.3) is 0 Å². The number of aromatic nitrogens is 1. The van der Waals surface area contributed by atoms with Crippen molar-refractivity contribution < 1.29 is 13.9 Å². The maximum absolute atomic E-state index is 12.6. The number of nitrogens with one attached hydrogen (secondary N) is 1. The molecule has 0 aliphatic rings. The Kier molecular flexibility index (Phi) is 6.45. The van der Waals surface area contributed by atoms with E-state index in [9.17, 15) is 4.79 Å². The van der Waals surface area contributed by atoms with Crippen LogP contribution in [0.4, 0.5) is 5.69 Å². The van der Waals surface area contributed by atoms with Gasteiger partial charge in [0, 0.05) is 27.9 Å². The summed E-state index contributed by atoms with van der Waals surface area (Å²) in [6.45, 7) is 5.95. The highest BCUT2D eigenvalue weighted by molar-refractivity contribution is 6.36. The van der Waals surface area contributed by atoms with E-state index in [4.69, 9.17) is 32.4 Å². The number of methoxy groups -OCH3 is 1. The Labute approximate surface area is 202 Å². The first-order chi connectivity index (χ1) is 15.8. The van der Waals surface area contributed by atoms with Crippen LogP contribution in [0.25, 0.3) is 28.6 Å². The van der Waals surface area contributed by atoms with E-state index >= 15 is 0 Å². The molecule has 4 aromatic rings. The Balaban J connectivity index is 1.61. The summed E-state index contributed by atoms with van der Waals surface area (Å²) < 4.78 is 11.4. The summed E-state index contributed by atoms with van der Waals surface area (Å²) >= 11 is 12.2. The van der Waals surface area contributed by atoms with Crippen molar-refractivity contribution in [2.75, 3.05) is 12.4 Å². The first-order valence-corrected chi connectivity index (χ1v) is 11.0. The second kappa shape index (κ2) is 9.30. The van der Waals surface area contributed by atoms with Crippen LogP contribution in [0.15, 0.2) is 53.0 Å². The van der Waals surface area contributed by atoms with Crippen LogP contribution >= 0.6 is 23.2 Å². The highest BCUT2D eigenvalue weighted by Crippen LogP contribution is 2.34. The Bertz CT molecular complexity index is 1410. The molecule has 0 saturated carbocycles. The van der Waals surface area contributed by atoms with Gasteiger partial charge in [0.1, 0.15) is 11.3 Å². The predicted molar refractivity (Wildman–Crippen MR) is 134 cm³/mol. The van der Waals surface area contributed by atoms with Crippen LogP contribution in [0, 0.1) is 20.8 Å². The second-order valence-electron chi connectivity index (χ2n) is 7.76. The van der Waals surface area contributed by atoms with Gasteiger partial charge in [-0.1, -0.05) is 35.3 Å². The number of carbonyl (C=O) groups is 1. The van der Waals surface area contributed by atoms with Gasteiger partial charge in [-0.25, -0.2) is 4.98 Å². The third-order valence-corrected chi connectivity index (χ3v) is 5.80. The summed E-state index contributed by atoms with van der Waals surface area (Å²) in [6, 6.07) is 12.9. The Hall–Kier alpha value is -3.28. The van der Waals surface area contributed by atoms with Crippen LogP contribution in [0.3, 0.4) is 0 Å². The monoisotopic (exact) mass is 480 g/mol. The molecule has 7 heteroatoms. The minimum atomic E-state index is -0.308. The standard InChI is InChI=1S/C26H22Cl2N2O3/c1-14-10-15(2)24-22(11-14)30-26(33-24)19-6-5-7-21(16(19)3)29-23(31)9-8-17-12-18(27)13-20(28)25(17)32-4/h5-13H,1-4H3,(H,29,31)/b9-8+. The molecule has 33 heavy (non-hydrogen) atoms. The molecule has 0 saturated heterocycles. The summed E-state index contributed by atoms with van der Waals surface area (Å²) in [5.41, 5.74) is 6.67. The van der Waals surface area contributed by atoms with E-state index in [1.54, 1.807) is 18.2 Å². The maximum atomic E-state index is 12.6. The molecule has 0 aliphatic carbocycles. The number of amides is 1. The topological polar surface area (TPSA) is 64.4 Å². The molecule has 1 amide bonds. The van der Waals surface area contributed by atoms with Gasteiger partial charge >= 0.3 is 0 Å². The highest BCUT2D eigenvalue weighted by atomic mass is 35.5. The number of aryl methyl sites for hydroxylation is 2. The molecule has 1 heterocycles. The van der Waals surface area contributed by atoms with E-state index in [2.05, 4.69) is 16.4 Å². The van der Waals surface area contributed by atoms with Crippen molar-refractivity contribution in [1.29, 1.82) is 0 Å². The van der Waals surface area contributed by atoms with E-state index < -0.39 is 0 Å². The fraction of sp³-hybridized carbons (Fsp3) is 0.154. The van der Waals surface area contributed by atoms with Gasteiger partial charge in [-0.2, -0.15) is 0 Å². The summed E-state index contributed by atoms with van der Waals surface area (Å²) in [5, 5.41) is 3.73. The summed E-state index contributed by atoms with van der Waals surface area (Å²) in [4.78, 5) is 17.3. The third-order valence-electron chi connectivity index (χ3n) is 5.30. The molecule has 0 radical (unpaired) electrons. The number of nitrogens with zero attached hydrogens (tertiary/aromatic N) is 1. The van der Waals surface area contributed by atoms with Gasteiger partial charge in [-0.15, -0.1) is 0 Å². The minimum Gasteiger partial charge on any atom is -0.495 e. The Morgan fingerprint density at radius 3 is 2.67 bits per heavy atom. The molecule has 0 atom stereocenters. The van der Waals surface area contributed by atoms with Crippen molar-refractivity contribution in [3.05, 3.63) is 80.8 Å². The second-order valence-corrected chi connectivity index (χ2v) is 8.60. The van der Waals surface area contributed by atoms with Crippen LogP contribution in [0.2, 0.25) is 10.0 Å². The zero-order valence-electron chi connectivity index (χ0n) is 18.6. The van der Waals surface area contributed by atoms with E-state index in [1.807, 2.05) is 45.0 Å². The fourth-order valence-corrected chi connectivity index (χ4v) is 4.34. The SMILES string of the molecule is COc1c(Cl)cc(Cl)cc1/C=C/C(=O)Nc1cccc(-c2nc3cc(C)cc(C)c3o2)c1C. The van der Waals surface area contributed by atoms with Gasteiger partial charge < -0.3 is 14.5 Å². The lowest BCUT2D eigenvalue weighted by Crippen LogP contribution is -2.09. The van der Waals surface area contributed by atoms with Crippen molar-refractivity contribution >= 4 is 52.0 Å². The van der Waals surface area contributed by atoms with E-state index in [-0.39, 0.29) is 5.91 Å². The summed E-state index contributed by atoms with van der Waals surface area (Å²) in [7, 11) is 1.51. The van der Waals surface area contributed by atoms with Gasteiger partial charge in [0.05, 0.1) is 12.1 Å². The molecule has 0 unspecified atom stereocenters. The molecular weight excluding hydrogens is 459 g/mol. The predicted octanol–water partition coefficient (Wildman–Crippen LogP) is 7.39. The molecule has 1 aromatic heterocycles. The number of benzene rings is 3. The van der Waals surface area contributed by atoms with Crippen molar-refractivity contribution in [3.63, 3.8) is 0 Å². The van der Waals surface area contributed by atoms with Crippen molar-refractivity contribution in [3.8, 4) is 17.2 Å². The van der Waals surface area contributed by atoms with Gasteiger partial charge in [-0.05, 0) is 73.9 Å². The fourth-order valence-electron chi connectivity index (χ4n) is 3.75. The molecule has 0 bridgehead atoms. The van der Waals surface area contributed by atoms with E-state index in [0.29, 0.717) is 32.9 Å². The molecule has 168 valence electrons. The van der Waals surface area contributed by atoms with Crippen molar-refractivity contribution in [2.24, 2.45) is 0 Å². The zero-order valence-corrected chi connectivity index (χ0v) is 20.1. The van der Waals surface area contributed by atoms with Crippen LogP contribution in [-0.2, 0) is 4.79 Å². The first kappa shape index (κ1) is 22.9. The van der Waals surface area contributed by atoms with Crippen LogP contribution < -0.4 is 10.1 Å². The number of ether oxygens (including phenoxy) is 1. The molecule has 0 aliphatic heterocycles. The number of hydrogen-bond donors (Lipinski definition) is 1. The molecule has 5 nitrogen and oxygen atoms in total. The van der Waals surface area contributed by atoms with E-state index in [0.717, 1.165) is 33.4 Å². The molecule has 4 rings (SSSR count). The summed E-state index contributed by atoms with van der Waals surface area (Å²) in [5.74, 6) is 0.656. The van der Waals surface area contributed by atoms with Crippen LogP contribution in [0.1, 0.15) is 22.3 Å². The molecule has 0 spiro atoms. The zero-order chi connectivity index (χ0) is 23.7. The van der Waals surface area contributed by atoms with E-state index in [1.165, 1.54) is 13.2 Å². The largest absolute Gasteiger partial charge is 0.495 e. The number of carbonyl (C=O) groups excluding carboxylic acids is 1. The van der Waals surface area contributed by atoms with Gasteiger partial charge in [0.2, 0.25) is 11.8 Å². The lowest BCUT2D eigenvalue weighted by Gasteiger charge is -2.10. The van der Waals surface area contributed by atoms with Gasteiger partial charge in [-0.3, -0.25) is 4.79 Å². The average Bonchev–Trinajstić information content (AvgIpc) is 3.17. The highest BCUT2D eigenvalue weighted by Gasteiger charge is 2.15. The molecular formula is C26H22Cl2N2O3. The molecule has 1 N–H and O–H groups in total. The third kappa shape index (κ3) is 4.75.